The molecule has 2 aromatic carbocycles. The van der Waals surface area contributed by atoms with Crippen molar-refractivity contribution in [2.24, 2.45) is 7.05 Å². The number of fused-ring (bicyclic) bond motifs is 1. The number of benzene rings is 2. The first-order valence-corrected chi connectivity index (χ1v) is 10.1. The molecule has 7 heteroatoms. The molecule has 2 heterocycles. The van der Waals surface area contributed by atoms with Gasteiger partial charge in [-0.1, -0.05) is 36.4 Å². The maximum Gasteiger partial charge on any atom is 0.295 e. The lowest BCUT2D eigenvalue weighted by atomic mass is 10.0. The van der Waals surface area contributed by atoms with Gasteiger partial charge in [-0.3, -0.25) is 14.3 Å². The fourth-order valence-electron chi connectivity index (χ4n) is 3.63. The normalized spacial score (nSPS) is 15.2. The molecule has 3 aromatic rings. The molecule has 160 valence electrons. The van der Waals surface area contributed by atoms with Gasteiger partial charge in [-0.2, -0.15) is 5.26 Å². The number of nitriles is 1. The topological polar surface area (TPSA) is 89.1 Å². The molecule has 1 aliphatic rings. The molecular formula is C25H22N4O3. The number of para-hydroxylation sites is 2. The summed E-state index contributed by atoms with van der Waals surface area (Å²) in [6.45, 7) is 3.59. The van der Waals surface area contributed by atoms with Gasteiger partial charge < -0.3 is 10.1 Å². The molecule has 1 amide bonds. The summed E-state index contributed by atoms with van der Waals surface area (Å²) in [5, 5.41) is 12.3. The summed E-state index contributed by atoms with van der Waals surface area (Å²) in [5.74, 6) is 0.104. The number of anilines is 1. The molecule has 1 aromatic heterocycles. The number of nitrogens with one attached hydrogen (secondary N) is 1. The third-order valence-electron chi connectivity index (χ3n) is 5.48. The summed E-state index contributed by atoms with van der Waals surface area (Å²) in [4.78, 5) is 25.9. The Labute approximate surface area is 185 Å². The fraction of sp³-hybridized carbons (Fsp3) is 0.160. The van der Waals surface area contributed by atoms with E-state index in [0.29, 0.717) is 17.0 Å². The van der Waals surface area contributed by atoms with Crippen molar-refractivity contribution in [3.8, 4) is 17.5 Å². The average molecular weight is 426 g/mol. The first-order chi connectivity index (χ1) is 15.4. The van der Waals surface area contributed by atoms with Crippen LogP contribution < -0.4 is 15.6 Å². The van der Waals surface area contributed by atoms with E-state index in [1.165, 1.54) is 10.8 Å². The van der Waals surface area contributed by atoms with Crippen LogP contribution in [0.4, 0.5) is 5.69 Å². The number of ether oxygens (including phenoxy) is 1. The number of hydrogen-bond donors (Lipinski definition) is 1. The van der Waals surface area contributed by atoms with Crippen LogP contribution in [0.5, 0.6) is 5.75 Å². The molecule has 1 N–H and O–H groups in total. The van der Waals surface area contributed by atoms with Gasteiger partial charge in [0.15, 0.2) is 0 Å². The summed E-state index contributed by atoms with van der Waals surface area (Å²) >= 11 is 0. The van der Waals surface area contributed by atoms with Gasteiger partial charge in [0, 0.05) is 12.6 Å². The highest BCUT2D eigenvalue weighted by atomic mass is 16.5. The molecular weight excluding hydrogens is 404 g/mol. The quantitative estimate of drug-likeness (QED) is 0.508. The number of rotatable bonds is 4. The first kappa shape index (κ1) is 20.9. The van der Waals surface area contributed by atoms with Crippen LogP contribution in [0.2, 0.25) is 0 Å². The molecule has 4 rings (SSSR count). The lowest BCUT2D eigenvalue weighted by Crippen LogP contribution is -2.24. The van der Waals surface area contributed by atoms with Crippen LogP contribution in [0.15, 0.2) is 76.6 Å². The molecule has 1 aliphatic heterocycles. The Morgan fingerprint density at radius 1 is 1.16 bits per heavy atom. The standard InChI is InChI=1S/C25H22N4O3/c1-16-23(25(31)29(28(16)3)21-10-5-4-6-11-21)27-24(30)20(15-26)14-19-13-18-9-7-8-12-22(18)32-17(19)2/h4-14,17H,1-3H3,(H,27,30)/b20-14+. The van der Waals surface area contributed by atoms with Crippen LogP contribution in [0, 0.1) is 18.3 Å². The van der Waals surface area contributed by atoms with Crippen LogP contribution in [-0.2, 0) is 11.8 Å². The average Bonchev–Trinajstić information content (AvgIpc) is 3.01. The van der Waals surface area contributed by atoms with E-state index in [4.69, 9.17) is 4.74 Å². The Morgan fingerprint density at radius 2 is 1.84 bits per heavy atom. The largest absolute Gasteiger partial charge is 0.485 e. The molecule has 0 saturated carbocycles. The number of aromatic nitrogens is 2. The predicted molar refractivity (Wildman–Crippen MR) is 123 cm³/mol. The second-order valence-electron chi connectivity index (χ2n) is 7.50. The second kappa shape index (κ2) is 8.44. The van der Waals surface area contributed by atoms with Crippen LogP contribution in [0.1, 0.15) is 18.2 Å². The zero-order valence-corrected chi connectivity index (χ0v) is 18.0. The highest BCUT2D eigenvalue weighted by molar-refractivity contribution is 6.07. The zero-order valence-electron chi connectivity index (χ0n) is 18.0. The summed E-state index contributed by atoms with van der Waals surface area (Å²) < 4.78 is 9.02. The van der Waals surface area contributed by atoms with E-state index in [2.05, 4.69) is 5.32 Å². The minimum atomic E-state index is -0.648. The highest BCUT2D eigenvalue weighted by Crippen LogP contribution is 2.30. The monoisotopic (exact) mass is 426 g/mol. The number of nitrogens with zero attached hydrogens (tertiary/aromatic N) is 3. The van der Waals surface area contributed by atoms with E-state index < -0.39 is 5.91 Å². The third kappa shape index (κ3) is 3.74. The Balaban J connectivity index is 1.66. The molecule has 7 nitrogen and oxygen atoms in total. The SMILES string of the molecule is Cc1c(NC(=O)/C(C#N)=C/C2=Cc3ccccc3OC2C)c(=O)n(-c2ccccc2)n1C. The minimum Gasteiger partial charge on any atom is -0.485 e. The second-order valence-corrected chi connectivity index (χ2v) is 7.50. The van der Waals surface area contributed by atoms with Crippen LogP contribution in [-0.4, -0.2) is 21.4 Å². The van der Waals surface area contributed by atoms with Crippen molar-refractivity contribution in [3.05, 3.63) is 93.4 Å². The number of amides is 1. The molecule has 1 unspecified atom stereocenters. The van der Waals surface area contributed by atoms with E-state index in [-0.39, 0.29) is 22.9 Å². The number of hydrogen-bond acceptors (Lipinski definition) is 4. The van der Waals surface area contributed by atoms with E-state index in [1.807, 2.05) is 73.7 Å². The highest BCUT2D eigenvalue weighted by Gasteiger charge is 2.22. The van der Waals surface area contributed by atoms with Crippen molar-refractivity contribution in [1.82, 2.24) is 9.36 Å². The van der Waals surface area contributed by atoms with E-state index >= 15 is 0 Å². The summed E-state index contributed by atoms with van der Waals surface area (Å²) in [6, 6.07) is 18.6. The molecule has 0 fully saturated rings. The lowest BCUT2D eigenvalue weighted by Gasteiger charge is -2.22. The van der Waals surface area contributed by atoms with E-state index in [9.17, 15) is 14.9 Å². The van der Waals surface area contributed by atoms with Crippen molar-refractivity contribution < 1.29 is 9.53 Å². The van der Waals surface area contributed by atoms with Gasteiger partial charge in [-0.25, -0.2) is 4.68 Å². The van der Waals surface area contributed by atoms with E-state index in [1.54, 1.807) is 18.7 Å². The summed E-state index contributed by atoms with van der Waals surface area (Å²) in [7, 11) is 1.74. The smallest absolute Gasteiger partial charge is 0.295 e. The van der Waals surface area contributed by atoms with Gasteiger partial charge in [-0.15, -0.1) is 0 Å². The third-order valence-corrected chi connectivity index (χ3v) is 5.48. The van der Waals surface area contributed by atoms with Gasteiger partial charge in [0.05, 0.1) is 11.4 Å². The minimum absolute atomic E-state index is 0.111. The molecule has 0 radical (unpaired) electrons. The molecule has 1 atom stereocenters. The van der Waals surface area contributed by atoms with Crippen molar-refractivity contribution in [3.63, 3.8) is 0 Å². The van der Waals surface area contributed by atoms with Crippen LogP contribution in [0.25, 0.3) is 11.8 Å². The maximum absolute atomic E-state index is 13.0. The Kier molecular flexibility index (Phi) is 5.52. The zero-order chi connectivity index (χ0) is 22.8. The van der Waals surface area contributed by atoms with Gasteiger partial charge >= 0.3 is 0 Å². The number of carbonyl (C=O) groups excluding carboxylic acids is 1. The summed E-state index contributed by atoms with van der Waals surface area (Å²) in [5.41, 5.74) is 2.48. The van der Waals surface area contributed by atoms with Crippen molar-refractivity contribution in [2.75, 3.05) is 5.32 Å². The van der Waals surface area contributed by atoms with Gasteiger partial charge in [0.1, 0.15) is 29.2 Å². The molecule has 0 aliphatic carbocycles. The van der Waals surface area contributed by atoms with Crippen molar-refractivity contribution in [1.29, 1.82) is 5.26 Å². The Bertz CT molecular complexity index is 1350. The maximum atomic E-state index is 13.0. The summed E-state index contributed by atoms with van der Waals surface area (Å²) in [6.07, 6.45) is 3.07. The fourth-order valence-corrected chi connectivity index (χ4v) is 3.63. The van der Waals surface area contributed by atoms with Crippen molar-refractivity contribution >= 4 is 17.7 Å². The van der Waals surface area contributed by atoms with Crippen LogP contribution in [0.3, 0.4) is 0 Å². The van der Waals surface area contributed by atoms with Gasteiger partial charge in [0.2, 0.25) is 0 Å². The Morgan fingerprint density at radius 3 is 2.56 bits per heavy atom. The lowest BCUT2D eigenvalue weighted by molar-refractivity contribution is -0.112. The first-order valence-electron chi connectivity index (χ1n) is 10.1. The van der Waals surface area contributed by atoms with E-state index in [0.717, 1.165) is 11.3 Å². The molecule has 0 spiro atoms. The predicted octanol–water partition coefficient (Wildman–Crippen LogP) is 3.74. The molecule has 32 heavy (non-hydrogen) atoms. The molecule has 0 saturated heterocycles. The van der Waals surface area contributed by atoms with Gasteiger partial charge in [-0.05, 0) is 49.8 Å². The molecule has 0 bridgehead atoms. The number of carbonyl (C=O) groups is 1. The van der Waals surface area contributed by atoms with Crippen LogP contribution >= 0.6 is 0 Å². The Hall–Kier alpha value is -4.31. The van der Waals surface area contributed by atoms with Gasteiger partial charge in [0.25, 0.3) is 11.5 Å². The van der Waals surface area contributed by atoms with Crippen molar-refractivity contribution in [2.45, 2.75) is 20.0 Å².